The highest BCUT2D eigenvalue weighted by atomic mass is 35.5. The van der Waals surface area contributed by atoms with Crippen molar-refractivity contribution in [2.45, 2.75) is 110 Å². The highest BCUT2D eigenvalue weighted by Crippen LogP contribution is 2.55. The third-order valence-electron chi connectivity index (χ3n) is 14.4. The van der Waals surface area contributed by atoms with Gasteiger partial charge in [-0.25, -0.2) is 0 Å². The third kappa shape index (κ3) is 7.26. The van der Waals surface area contributed by atoms with Crippen LogP contribution in [-0.4, -0.2) is 101 Å². The monoisotopic (exact) mass is 845 g/mol. The van der Waals surface area contributed by atoms with Gasteiger partial charge in [-0.1, -0.05) is 39.3 Å². The van der Waals surface area contributed by atoms with Crippen molar-refractivity contribution in [1.29, 1.82) is 5.26 Å². The van der Waals surface area contributed by atoms with Gasteiger partial charge in [-0.05, 0) is 105 Å². The van der Waals surface area contributed by atoms with Crippen LogP contribution in [0.2, 0.25) is 5.02 Å². The number of fused-ring (bicyclic) bond motifs is 2. The molecule has 2 N–H and O–H groups in total. The maximum Gasteiger partial charge on any atom is 0.262 e. The number of amides is 5. The number of nitrogens with zero attached hydrogens (tertiary/aromatic N) is 5. The highest BCUT2D eigenvalue weighted by Gasteiger charge is 2.64. The summed E-state index contributed by atoms with van der Waals surface area (Å²) in [5.41, 5.74) is 4.28. The summed E-state index contributed by atoms with van der Waals surface area (Å²) in [6.45, 7) is 13.8. The number of piperidine rings is 3. The van der Waals surface area contributed by atoms with Crippen LogP contribution in [0.3, 0.4) is 0 Å². The Balaban J connectivity index is 0.735. The largest absolute Gasteiger partial charge is 0.489 e. The average molecular weight is 846 g/mol. The topological polar surface area (TPSA) is 155 Å². The van der Waals surface area contributed by atoms with Crippen molar-refractivity contribution < 1.29 is 28.7 Å². The number of benzene rings is 3. The lowest BCUT2D eigenvalue weighted by atomic mass is 9.49. The maximum absolute atomic E-state index is 13.5. The minimum Gasteiger partial charge on any atom is -0.489 e. The number of likely N-dealkylation sites (tertiary alicyclic amines) is 1. The zero-order valence-corrected chi connectivity index (χ0v) is 35.9. The van der Waals surface area contributed by atoms with Crippen molar-refractivity contribution in [1.82, 2.24) is 25.3 Å². The molecule has 1 unspecified atom stereocenters. The van der Waals surface area contributed by atoms with E-state index in [1.807, 2.05) is 24.3 Å². The molecule has 1 saturated carbocycles. The van der Waals surface area contributed by atoms with Crippen LogP contribution in [0.25, 0.3) is 0 Å². The van der Waals surface area contributed by atoms with E-state index in [2.05, 4.69) is 71.2 Å². The number of carbonyl (C=O) groups excluding carboxylic acids is 5. The lowest BCUT2D eigenvalue weighted by Crippen LogP contribution is -2.74. The van der Waals surface area contributed by atoms with Crippen LogP contribution >= 0.6 is 11.6 Å². The van der Waals surface area contributed by atoms with E-state index < -0.39 is 23.8 Å². The molecule has 1 aliphatic carbocycles. The number of hydrogen-bond donors (Lipinski definition) is 2. The molecule has 1 atom stereocenters. The Morgan fingerprint density at radius 1 is 0.803 bits per heavy atom. The van der Waals surface area contributed by atoms with Gasteiger partial charge in [-0.3, -0.25) is 39.1 Å². The van der Waals surface area contributed by atoms with Crippen LogP contribution in [0, 0.1) is 22.2 Å². The minimum atomic E-state index is -0.958. The number of nitriles is 1. The number of rotatable bonds is 8. The Bertz CT molecular complexity index is 2300. The Morgan fingerprint density at radius 3 is 1.97 bits per heavy atom. The molecule has 5 amide bonds. The zero-order chi connectivity index (χ0) is 43.0. The fourth-order valence-corrected chi connectivity index (χ4v) is 11.6. The molecule has 318 valence electrons. The normalized spacial score (nSPS) is 25.4. The van der Waals surface area contributed by atoms with Crippen molar-refractivity contribution in [2.24, 2.45) is 10.8 Å². The van der Waals surface area contributed by atoms with Crippen LogP contribution < -0.4 is 20.3 Å². The quantitative estimate of drug-likeness (QED) is 0.271. The van der Waals surface area contributed by atoms with E-state index in [1.54, 1.807) is 18.2 Å². The fraction of sp³-hybridized carbons (Fsp3) is 0.489. The number of nitrogens with one attached hydrogen (secondary N) is 2. The van der Waals surface area contributed by atoms with Crippen LogP contribution in [0.4, 0.5) is 5.69 Å². The summed E-state index contributed by atoms with van der Waals surface area (Å²) in [5, 5.41) is 15.1. The summed E-state index contributed by atoms with van der Waals surface area (Å²) in [5.74, 6) is -1.39. The number of anilines is 1. The summed E-state index contributed by atoms with van der Waals surface area (Å²) >= 11 is 6.26. The smallest absolute Gasteiger partial charge is 0.262 e. The molecule has 0 spiro atoms. The maximum atomic E-state index is 13.5. The van der Waals surface area contributed by atoms with E-state index in [1.165, 1.54) is 0 Å². The molecule has 9 rings (SSSR count). The molecule has 3 aromatic carbocycles. The van der Waals surface area contributed by atoms with E-state index >= 15 is 0 Å². The van der Waals surface area contributed by atoms with E-state index in [0.717, 1.165) is 86.7 Å². The predicted octanol–water partition coefficient (Wildman–Crippen LogP) is 5.67. The van der Waals surface area contributed by atoms with E-state index in [-0.39, 0.29) is 47.6 Å². The minimum absolute atomic E-state index is 0.101. The van der Waals surface area contributed by atoms with Crippen molar-refractivity contribution in [3.8, 4) is 11.8 Å². The van der Waals surface area contributed by atoms with E-state index in [4.69, 9.17) is 16.3 Å². The number of carbonyl (C=O) groups is 5. The summed E-state index contributed by atoms with van der Waals surface area (Å²) < 4.78 is 6.39. The molecule has 13 nitrogen and oxygen atoms in total. The van der Waals surface area contributed by atoms with Crippen LogP contribution in [0.1, 0.15) is 114 Å². The van der Waals surface area contributed by atoms with Gasteiger partial charge in [0.1, 0.15) is 24.0 Å². The predicted molar refractivity (Wildman–Crippen MR) is 228 cm³/mol. The Kier molecular flexibility index (Phi) is 10.5. The van der Waals surface area contributed by atoms with Gasteiger partial charge in [-0.2, -0.15) is 5.26 Å². The molecular weight excluding hydrogens is 794 g/mol. The molecule has 0 aromatic heterocycles. The van der Waals surface area contributed by atoms with Crippen molar-refractivity contribution >= 4 is 46.8 Å². The second kappa shape index (κ2) is 15.6. The molecule has 4 fully saturated rings. The van der Waals surface area contributed by atoms with E-state index in [0.29, 0.717) is 45.1 Å². The van der Waals surface area contributed by atoms with Gasteiger partial charge in [0.05, 0.1) is 21.7 Å². The lowest BCUT2D eigenvalue weighted by Gasteiger charge is -2.63. The SMILES string of the molecule is CC1(C)[C@H](NC(=O)c2ccc(N3CCC(N4CCC(N5Cc6cc7c(cc6C5)C(=O)N(C5CCC(=O)NC5=O)C7=O)CC4)CC3)cc2)C(C)(C)[C@H]1Oc1ccc(C#N)c(Cl)c1. The molecule has 5 heterocycles. The Labute approximate surface area is 361 Å². The van der Waals surface area contributed by atoms with Gasteiger partial charge in [0.2, 0.25) is 11.8 Å². The summed E-state index contributed by atoms with van der Waals surface area (Å²) in [7, 11) is 0. The molecule has 3 aromatic rings. The van der Waals surface area contributed by atoms with Crippen molar-refractivity contribution in [3.63, 3.8) is 0 Å². The molecule has 61 heavy (non-hydrogen) atoms. The Hall–Kier alpha value is -5.29. The first kappa shape index (κ1) is 41.1. The van der Waals surface area contributed by atoms with Crippen LogP contribution in [-0.2, 0) is 22.7 Å². The summed E-state index contributed by atoms with van der Waals surface area (Å²) in [4.78, 5) is 73.0. The van der Waals surface area contributed by atoms with E-state index in [9.17, 15) is 29.2 Å². The second-order valence-electron chi connectivity index (χ2n) is 18.9. The summed E-state index contributed by atoms with van der Waals surface area (Å²) in [6, 6.07) is 18.7. The third-order valence-corrected chi connectivity index (χ3v) is 14.7. The molecule has 0 radical (unpaired) electrons. The van der Waals surface area contributed by atoms with Gasteiger partial charge in [-0.15, -0.1) is 0 Å². The van der Waals surface area contributed by atoms with Crippen molar-refractivity contribution in [3.05, 3.63) is 93.0 Å². The molecule has 0 bridgehead atoms. The van der Waals surface area contributed by atoms with Gasteiger partial charge < -0.3 is 19.9 Å². The summed E-state index contributed by atoms with van der Waals surface area (Å²) in [6.07, 6.45) is 4.36. The molecule has 5 aliphatic heterocycles. The van der Waals surface area contributed by atoms with Crippen LogP contribution in [0.5, 0.6) is 5.75 Å². The number of ether oxygens (including phenoxy) is 1. The number of imide groups is 2. The highest BCUT2D eigenvalue weighted by molar-refractivity contribution is 6.31. The first-order valence-electron chi connectivity index (χ1n) is 21.5. The first-order valence-corrected chi connectivity index (χ1v) is 21.9. The lowest BCUT2D eigenvalue weighted by molar-refractivity contribution is -0.164. The average Bonchev–Trinajstić information content (AvgIpc) is 3.78. The standard InChI is InChI=1S/C47H52ClN7O6/c1-46(2)44(47(3,4)45(46)61-34-10-7-28(24-49)37(48)23-34)51-40(57)27-5-8-31(9-6-27)52-17-13-32(14-18-52)53-19-15-33(16-20-53)54-25-29-21-35-36(22-30(29)26-54)43(60)55(42(35)59)38-11-12-39(56)50-41(38)58/h5-10,21-23,32-33,38,44-45H,11-20,25-26H2,1-4H3,(H,51,57)(H,50,56,58)/t38?,44-,45-. The molecule has 6 aliphatic rings. The molecule has 3 saturated heterocycles. The van der Waals surface area contributed by atoms with Gasteiger partial charge >= 0.3 is 0 Å². The van der Waals surface area contributed by atoms with Crippen molar-refractivity contribution in [2.75, 3.05) is 31.1 Å². The Morgan fingerprint density at radius 2 is 1.39 bits per heavy atom. The first-order chi connectivity index (χ1) is 29.1. The second-order valence-corrected chi connectivity index (χ2v) is 19.3. The number of halogens is 1. The molecule has 14 heteroatoms. The van der Waals surface area contributed by atoms with Gasteiger partial charge in [0.25, 0.3) is 17.7 Å². The number of hydrogen-bond acceptors (Lipinski definition) is 10. The molecular formula is C47H52ClN7O6. The van der Waals surface area contributed by atoms with Gasteiger partial charge in [0, 0.05) is 78.9 Å². The zero-order valence-electron chi connectivity index (χ0n) is 35.1. The van der Waals surface area contributed by atoms with Gasteiger partial charge in [0.15, 0.2) is 0 Å². The van der Waals surface area contributed by atoms with Crippen LogP contribution in [0.15, 0.2) is 54.6 Å². The fourth-order valence-electron chi connectivity index (χ4n) is 11.4.